The first-order chi connectivity index (χ1) is 14.2. The number of carbonyl (C=O) groups excluding carboxylic acids is 2. The minimum atomic E-state index is -0.457. The lowest BCUT2D eigenvalue weighted by molar-refractivity contribution is -0.154. The van der Waals surface area contributed by atoms with E-state index in [2.05, 4.69) is 13.8 Å². The molecule has 0 unspecified atom stereocenters. The van der Waals surface area contributed by atoms with E-state index in [0.717, 1.165) is 25.7 Å². The monoisotopic (exact) mass is 412 g/mol. The van der Waals surface area contributed by atoms with E-state index in [0.29, 0.717) is 13.2 Å². The molecule has 0 bridgehead atoms. The molecule has 4 nitrogen and oxygen atoms in total. The van der Waals surface area contributed by atoms with Gasteiger partial charge in [-0.2, -0.15) is 0 Å². The quantitative estimate of drug-likeness (QED) is 0.105. The summed E-state index contributed by atoms with van der Waals surface area (Å²) in [6.45, 7) is 5.30. The third-order valence-corrected chi connectivity index (χ3v) is 5.31. The molecule has 0 aliphatic heterocycles. The molecule has 29 heavy (non-hydrogen) atoms. The van der Waals surface area contributed by atoms with Crippen LogP contribution in [0.15, 0.2) is 0 Å². The Balaban J connectivity index is 3.32. The van der Waals surface area contributed by atoms with Gasteiger partial charge in [0.25, 0.3) is 0 Å². The van der Waals surface area contributed by atoms with Crippen LogP contribution in [0.5, 0.6) is 0 Å². The van der Waals surface area contributed by atoms with Gasteiger partial charge in [-0.1, -0.05) is 117 Å². The first-order valence-electron chi connectivity index (χ1n) is 12.5. The van der Waals surface area contributed by atoms with Crippen LogP contribution in [0.3, 0.4) is 0 Å². The summed E-state index contributed by atoms with van der Waals surface area (Å²) in [5.74, 6) is -0.914. The molecule has 0 aromatic heterocycles. The minimum Gasteiger partial charge on any atom is -0.465 e. The van der Waals surface area contributed by atoms with Crippen LogP contribution in [0.25, 0.3) is 0 Å². The average Bonchev–Trinajstić information content (AvgIpc) is 2.70. The van der Waals surface area contributed by atoms with Gasteiger partial charge in [0.05, 0.1) is 13.2 Å². The molecular formula is C25H48O4. The second kappa shape index (κ2) is 23.2. The Kier molecular flexibility index (Phi) is 22.4. The Morgan fingerprint density at radius 2 is 0.724 bits per heavy atom. The standard InChI is InChI=1S/C25H48O4/c1-3-5-7-9-11-13-15-17-19-21-28-24(26)23-25(27)29-22-20-18-16-14-12-10-8-6-4-2/h3-23H2,1-2H3. The molecule has 0 fully saturated rings. The molecule has 0 aromatic rings. The highest BCUT2D eigenvalue weighted by atomic mass is 16.6. The molecule has 0 radical (unpaired) electrons. The van der Waals surface area contributed by atoms with Crippen LogP contribution in [-0.2, 0) is 19.1 Å². The summed E-state index contributed by atoms with van der Waals surface area (Å²) in [6, 6.07) is 0. The Labute approximate surface area is 180 Å². The van der Waals surface area contributed by atoms with Gasteiger partial charge in [0.2, 0.25) is 0 Å². The number of carbonyl (C=O) groups is 2. The molecule has 0 saturated heterocycles. The predicted octanol–water partition coefficient (Wildman–Crippen LogP) is 7.52. The Morgan fingerprint density at radius 3 is 1.03 bits per heavy atom. The van der Waals surface area contributed by atoms with E-state index in [-0.39, 0.29) is 6.42 Å². The van der Waals surface area contributed by atoms with Gasteiger partial charge in [-0.15, -0.1) is 0 Å². The van der Waals surface area contributed by atoms with Crippen LogP contribution in [0.4, 0.5) is 0 Å². The molecule has 0 rings (SSSR count). The van der Waals surface area contributed by atoms with Crippen molar-refractivity contribution >= 4 is 11.9 Å². The van der Waals surface area contributed by atoms with Gasteiger partial charge in [0, 0.05) is 0 Å². The Bertz CT molecular complexity index is 334. The van der Waals surface area contributed by atoms with Gasteiger partial charge < -0.3 is 9.47 Å². The molecule has 0 N–H and O–H groups in total. The van der Waals surface area contributed by atoms with E-state index in [1.165, 1.54) is 89.9 Å². The minimum absolute atomic E-state index is 0.255. The van der Waals surface area contributed by atoms with Crippen molar-refractivity contribution < 1.29 is 19.1 Å². The molecule has 0 heterocycles. The van der Waals surface area contributed by atoms with Crippen molar-refractivity contribution in [1.29, 1.82) is 0 Å². The molecule has 4 heteroatoms. The highest BCUT2D eigenvalue weighted by Gasteiger charge is 2.11. The summed E-state index contributed by atoms with van der Waals surface area (Å²) < 4.78 is 10.3. The molecule has 172 valence electrons. The van der Waals surface area contributed by atoms with E-state index < -0.39 is 11.9 Å². The van der Waals surface area contributed by atoms with Gasteiger partial charge in [-0.25, -0.2) is 0 Å². The molecule has 0 atom stereocenters. The van der Waals surface area contributed by atoms with E-state index in [1.807, 2.05) is 0 Å². The summed E-state index contributed by atoms with van der Waals surface area (Å²) in [5, 5.41) is 0. The molecule has 0 aliphatic rings. The van der Waals surface area contributed by atoms with Crippen molar-refractivity contribution in [3.8, 4) is 0 Å². The van der Waals surface area contributed by atoms with Gasteiger partial charge in [-0.05, 0) is 12.8 Å². The van der Waals surface area contributed by atoms with Crippen molar-refractivity contribution in [2.45, 2.75) is 136 Å². The summed E-state index contributed by atoms with van der Waals surface area (Å²) in [7, 11) is 0. The third-order valence-electron chi connectivity index (χ3n) is 5.31. The summed E-state index contributed by atoms with van der Waals surface area (Å²) in [6.07, 6.45) is 21.9. The molecule has 0 aliphatic carbocycles. The summed E-state index contributed by atoms with van der Waals surface area (Å²) >= 11 is 0. The Morgan fingerprint density at radius 1 is 0.448 bits per heavy atom. The van der Waals surface area contributed by atoms with Gasteiger partial charge in [-0.3, -0.25) is 9.59 Å². The first kappa shape index (κ1) is 27.9. The topological polar surface area (TPSA) is 52.6 Å². The number of rotatable bonds is 22. The number of hydrogen-bond acceptors (Lipinski definition) is 4. The van der Waals surface area contributed by atoms with E-state index in [1.54, 1.807) is 0 Å². The SMILES string of the molecule is CCCCCCCCCCCOC(=O)CC(=O)OCCCCCCCCCCC. The Hall–Kier alpha value is -1.06. The van der Waals surface area contributed by atoms with Gasteiger partial charge in [0.15, 0.2) is 0 Å². The molecule has 0 saturated carbocycles. The predicted molar refractivity (Wildman–Crippen MR) is 121 cm³/mol. The highest BCUT2D eigenvalue weighted by Crippen LogP contribution is 2.11. The molecule has 0 amide bonds. The number of hydrogen-bond donors (Lipinski definition) is 0. The van der Waals surface area contributed by atoms with Crippen LogP contribution >= 0.6 is 0 Å². The summed E-state index contributed by atoms with van der Waals surface area (Å²) in [4.78, 5) is 23.3. The molecule has 0 spiro atoms. The lowest BCUT2D eigenvalue weighted by Crippen LogP contribution is -2.15. The fourth-order valence-corrected chi connectivity index (χ4v) is 3.42. The zero-order chi connectivity index (χ0) is 21.4. The second-order valence-corrected chi connectivity index (χ2v) is 8.27. The highest BCUT2D eigenvalue weighted by molar-refractivity contribution is 5.91. The van der Waals surface area contributed by atoms with Crippen LogP contribution < -0.4 is 0 Å². The lowest BCUT2D eigenvalue weighted by Gasteiger charge is -2.06. The largest absolute Gasteiger partial charge is 0.465 e. The van der Waals surface area contributed by atoms with E-state index >= 15 is 0 Å². The van der Waals surface area contributed by atoms with Crippen LogP contribution in [-0.4, -0.2) is 25.2 Å². The normalized spacial score (nSPS) is 10.8. The number of ether oxygens (including phenoxy) is 2. The van der Waals surface area contributed by atoms with Crippen LogP contribution in [0, 0.1) is 0 Å². The summed E-state index contributed by atoms with van der Waals surface area (Å²) in [5.41, 5.74) is 0. The van der Waals surface area contributed by atoms with E-state index in [4.69, 9.17) is 9.47 Å². The lowest BCUT2D eigenvalue weighted by atomic mass is 10.1. The number of esters is 2. The second-order valence-electron chi connectivity index (χ2n) is 8.27. The first-order valence-corrected chi connectivity index (χ1v) is 12.5. The maximum Gasteiger partial charge on any atom is 0.317 e. The maximum atomic E-state index is 11.6. The maximum absolute atomic E-state index is 11.6. The zero-order valence-corrected chi connectivity index (χ0v) is 19.5. The third kappa shape index (κ3) is 23.1. The van der Waals surface area contributed by atoms with Crippen LogP contribution in [0.1, 0.15) is 136 Å². The molecule has 0 aromatic carbocycles. The van der Waals surface area contributed by atoms with Gasteiger partial charge in [0.1, 0.15) is 6.42 Å². The van der Waals surface area contributed by atoms with Crippen LogP contribution in [0.2, 0.25) is 0 Å². The van der Waals surface area contributed by atoms with E-state index in [9.17, 15) is 9.59 Å². The average molecular weight is 413 g/mol. The van der Waals surface area contributed by atoms with Crippen molar-refractivity contribution in [2.75, 3.05) is 13.2 Å². The zero-order valence-electron chi connectivity index (χ0n) is 19.5. The fourth-order valence-electron chi connectivity index (χ4n) is 3.42. The smallest absolute Gasteiger partial charge is 0.317 e. The van der Waals surface area contributed by atoms with Crippen molar-refractivity contribution in [2.24, 2.45) is 0 Å². The van der Waals surface area contributed by atoms with Gasteiger partial charge >= 0.3 is 11.9 Å². The van der Waals surface area contributed by atoms with Crippen molar-refractivity contribution in [3.05, 3.63) is 0 Å². The number of unbranched alkanes of at least 4 members (excludes halogenated alkanes) is 16. The van der Waals surface area contributed by atoms with Crippen molar-refractivity contribution in [1.82, 2.24) is 0 Å². The fraction of sp³-hybridized carbons (Fsp3) is 0.920. The van der Waals surface area contributed by atoms with Crippen molar-refractivity contribution in [3.63, 3.8) is 0 Å². The molecular weight excluding hydrogens is 364 g/mol.